The van der Waals surface area contributed by atoms with Crippen LogP contribution in [0.25, 0.3) is 5.76 Å². The Bertz CT molecular complexity index is 1830. The van der Waals surface area contributed by atoms with E-state index in [0.29, 0.717) is 5.56 Å². The van der Waals surface area contributed by atoms with Crippen molar-refractivity contribution in [2.45, 2.75) is 43.8 Å². The van der Waals surface area contributed by atoms with Crippen LogP contribution in [-0.4, -0.2) is 71.3 Å². The first-order chi connectivity index (χ1) is 18.7. The molecule has 7 rings (SSSR count). The van der Waals surface area contributed by atoms with E-state index in [4.69, 9.17) is 0 Å². The summed E-state index contributed by atoms with van der Waals surface area (Å²) in [6.07, 6.45) is -2.16. The quantitative estimate of drug-likeness (QED) is 0.261. The van der Waals surface area contributed by atoms with Crippen LogP contribution in [0.4, 0.5) is 0 Å². The number of allylic oxidation sites excluding steroid dienone is 2. The third kappa shape index (κ3) is 2.23. The van der Waals surface area contributed by atoms with E-state index in [2.05, 4.69) is 0 Å². The van der Waals surface area contributed by atoms with Crippen molar-refractivity contribution in [3.63, 3.8) is 0 Å². The number of carbonyl (C=O) groups excluding carboxylic acids is 5. The summed E-state index contributed by atoms with van der Waals surface area (Å²) in [5, 5.41) is 68.5. The predicted molar refractivity (Wildman–Crippen MR) is 132 cm³/mol. The van der Waals surface area contributed by atoms with Crippen LogP contribution in [0, 0.1) is 12.3 Å². The lowest BCUT2D eigenvalue weighted by molar-refractivity contribution is -0.167. The van der Waals surface area contributed by atoms with Crippen molar-refractivity contribution in [1.82, 2.24) is 0 Å². The summed E-state index contributed by atoms with van der Waals surface area (Å²) in [6, 6.07) is 2.55. The van der Waals surface area contributed by atoms with Crippen molar-refractivity contribution in [3.05, 3.63) is 68.3 Å². The number of phenolic OH excluding ortho intramolecular Hbond substituents is 3. The number of aliphatic hydroxyl groups excluding tert-OH is 2. The summed E-state index contributed by atoms with van der Waals surface area (Å²) in [5.74, 6) is -12.0. The first kappa shape index (κ1) is 24.4. The molecular formula is C29H20O11. The molecule has 5 atom stereocenters. The largest absolute Gasteiger partial charge is 0.507 e. The molecule has 0 aromatic heterocycles. The first-order valence-corrected chi connectivity index (χ1v) is 12.4. The van der Waals surface area contributed by atoms with E-state index in [1.54, 1.807) is 6.92 Å². The van der Waals surface area contributed by atoms with Gasteiger partial charge in [0.25, 0.3) is 0 Å². The van der Waals surface area contributed by atoms with Gasteiger partial charge in [-0.2, -0.15) is 0 Å². The second-order valence-corrected chi connectivity index (χ2v) is 11.1. The first-order valence-electron chi connectivity index (χ1n) is 12.4. The number of benzene rings is 2. The average Bonchev–Trinajstić information content (AvgIpc) is 3.12. The van der Waals surface area contributed by atoms with E-state index in [1.165, 1.54) is 19.1 Å². The Balaban J connectivity index is 1.65. The maximum absolute atomic E-state index is 14.2. The molecule has 0 radical (unpaired) electrons. The Morgan fingerprint density at radius 2 is 1.52 bits per heavy atom. The van der Waals surface area contributed by atoms with Gasteiger partial charge in [-0.1, -0.05) is 0 Å². The van der Waals surface area contributed by atoms with Crippen molar-refractivity contribution in [3.8, 4) is 17.2 Å². The van der Waals surface area contributed by atoms with E-state index in [0.717, 1.165) is 6.08 Å². The molecule has 0 heterocycles. The van der Waals surface area contributed by atoms with Crippen molar-refractivity contribution in [2.75, 3.05) is 0 Å². The fourth-order valence-corrected chi connectivity index (χ4v) is 7.75. The van der Waals surface area contributed by atoms with Crippen LogP contribution in [0.5, 0.6) is 17.2 Å². The second-order valence-electron chi connectivity index (χ2n) is 11.1. The summed E-state index contributed by atoms with van der Waals surface area (Å²) in [7, 11) is 0. The van der Waals surface area contributed by atoms with Crippen LogP contribution in [0.2, 0.25) is 0 Å². The molecule has 0 saturated heterocycles. The summed E-state index contributed by atoms with van der Waals surface area (Å²) in [4.78, 5) is 68.0. The monoisotopic (exact) mass is 544 g/mol. The van der Waals surface area contributed by atoms with Crippen molar-refractivity contribution < 1.29 is 54.6 Å². The lowest BCUT2D eigenvalue weighted by Crippen LogP contribution is -2.69. The number of rotatable bonds is 0. The highest BCUT2D eigenvalue weighted by atomic mass is 16.4. The Morgan fingerprint density at radius 3 is 2.20 bits per heavy atom. The Kier molecular flexibility index (Phi) is 4.23. The van der Waals surface area contributed by atoms with Gasteiger partial charge in [-0.15, -0.1) is 0 Å². The van der Waals surface area contributed by atoms with Gasteiger partial charge in [0, 0.05) is 28.7 Å². The Labute approximate surface area is 224 Å². The van der Waals surface area contributed by atoms with E-state index < -0.39 is 121 Å². The minimum Gasteiger partial charge on any atom is -0.507 e. The highest BCUT2D eigenvalue weighted by Crippen LogP contribution is 2.71. The number of Topliss-reactive ketones (excluding diaryl/α,β-unsaturated/α-hetero) is 4. The summed E-state index contributed by atoms with van der Waals surface area (Å²) in [6.45, 7) is 2.85. The van der Waals surface area contributed by atoms with E-state index >= 15 is 0 Å². The van der Waals surface area contributed by atoms with Crippen LogP contribution in [0.3, 0.4) is 0 Å². The number of hydrogen-bond acceptors (Lipinski definition) is 11. The van der Waals surface area contributed by atoms with Crippen LogP contribution in [-0.2, 0) is 9.59 Å². The smallest absolute Gasteiger partial charge is 0.193 e. The summed E-state index contributed by atoms with van der Waals surface area (Å²) in [5.41, 5.74) is -8.78. The molecule has 0 aliphatic heterocycles. The number of aliphatic hydroxyl groups is 3. The van der Waals surface area contributed by atoms with Crippen LogP contribution >= 0.6 is 0 Å². The normalized spacial score (nSPS) is 31.6. The number of aryl methyl sites for hydroxylation is 1. The van der Waals surface area contributed by atoms with Gasteiger partial charge in [-0.3, -0.25) is 24.0 Å². The van der Waals surface area contributed by atoms with Crippen molar-refractivity contribution in [2.24, 2.45) is 5.41 Å². The molecule has 11 nitrogen and oxygen atoms in total. The SMILES string of the molecule is CC1=CC(=O)c2c(O)c3c(c(O)c2C1=O)C1C(=O)CC24C(=O)c5cc(C)cc(O)c5C(O)=C2C(=O)C3C(O)C14O. The number of fused-ring (bicyclic) bond motifs is 6. The fraction of sp³-hybridized carbons (Fsp3) is 0.276. The molecule has 5 aliphatic rings. The van der Waals surface area contributed by atoms with Gasteiger partial charge in [0.2, 0.25) is 0 Å². The van der Waals surface area contributed by atoms with E-state index in [1.807, 2.05) is 0 Å². The standard InChI is InChI=1S/C29H20O11/c1-7-3-9-13(10(30)4-7)24(36)20-25(37)18-15-16(19-12(32)6-28(20,26(9)38)29(19,40)27(18)39)23(35)17-14(22(15)34)11(31)5-8(2)21(17)33/h3-5,18-19,27,30,34-36,39-40H,6H2,1-2H3. The molecule has 2 fully saturated rings. The molecule has 202 valence electrons. The zero-order chi connectivity index (χ0) is 29.0. The number of aromatic hydroxyl groups is 3. The van der Waals surface area contributed by atoms with Crippen LogP contribution in [0.15, 0.2) is 29.4 Å². The van der Waals surface area contributed by atoms with Crippen molar-refractivity contribution in [1.29, 1.82) is 0 Å². The number of hydrogen-bond donors (Lipinski definition) is 6. The lowest BCUT2D eigenvalue weighted by Gasteiger charge is -2.56. The molecule has 2 aromatic carbocycles. The zero-order valence-corrected chi connectivity index (χ0v) is 20.9. The molecule has 0 amide bonds. The molecule has 5 unspecified atom stereocenters. The minimum absolute atomic E-state index is 0.0726. The van der Waals surface area contributed by atoms with Gasteiger partial charge in [0.15, 0.2) is 23.1 Å². The molecule has 2 bridgehead atoms. The predicted octanol–water partition coefficient (Wildman–Crippen LogP) is 1.42. The Morgan fingerprint density at radius 1 is 0.875 bits per heavy atom. The maximum Gasteiger partial charge on any atom is 0.193 e. The maximum atomic E-state index is 14.2. The molecule has 11 heteroatoms. The van der Waals surface area contributed by atoms with Gasteiger partial charge in [0.05, 0.1) is 40.2 Å². The second kappa shape index (κ2) is 6.93. The molecule has 5 aliphatic carbocycles. The highest BCUT2D eigenvalue weighted by Gasteiger charge is 2.81. The van der Waals surface area contributed by atoms with E-state index in [-0.39, 0.29) is 11.1 Å². The number of carbonyl (C=O) groups is 5. The topological polar surface area (TPSA) is 207 Å². The third-order valence-electron chi connectivity index (χ3n) is 9.28. The average molecular weight is 544 g/mol. The van der Waals surface area contributed by atoms with Gasteiger partial charge >= 0.3 is 0 Å². The highest BCUT2D eigenvalue weighted by molar-refractivity contribution is 6.29. The molecule has 6 N–H and O–H groups in total. The number of ketones is 5. The summed E-state index contributed by atoms with van der Waals surface area (Å²) < 4.78 is 0. The summed E-state index contributed by atoms with van der Waals surface area (Å²) >= 11 is 0. The zero-order valence-electron chi connectivity index (χ0n) is 20.9. The Hall–Kier alpha value is -4.61. The van der Waals surface area contributed by atoms with Crippen LogP contribution < -0.4 is 0 Å². The fourth-order valence-electron chi connectivity index (χ4n) is 7.75. The molecular weight excluding hydrogens is 524 g/mol. The molecule has 2 saturated carbocycles. The van der Waals surface area contributed by atoms with E-state index in [9.17, 15) is 54.6 Å². The van der Waals surface area contributed by atoms with Gasteiger partial charge in [-0.05, 0) is 37.6 Å². The minimum atomic E-state index is -2.82. The molecule has 1 spiro atoms. The van der Waals surface area contributed by atoms with Gasteiger partial charge in [-0.25, -0.2) is 0 Å². The third-order valence-corrected chi connectivity index (χ3v) is 9.28. The lowest BCUT2D eigenvalue weighted by atomic mass is 9.47. The van der Waals surface area contributed by atoms with Gasteiger partial charge < -0.3 is 30.6 Å². The molecule has 40 heavy (non-hydrogen) atoms. The van der Waals surface area contributed by atoms with Crippen molar-refractivity contribution >= 4 is 34.7 Å². The number of phenols is 3. The molecule has 2 aromatic rings. The van der Waals surface area contributed by atoms with Crippen LogP contribution in [0.1, 0.15) is 78.5 Å². The van der Waals surface area contributed by atoms with Gasteiger partial charge in [0.1, 0.15) is 39.8 Å².